The van der Waals surface area contributed by atoms with Crippen LogP contribution in [0.3, 0.4) is 0 Å². The number of hydrogen-bond acceptors (Lipinski definition) is 4. The fraction of sp³-hybridized carbons (Fsp3) is 0.0741. The average Bonchev–Trinajstić information content (AvgIpc) is 2.82. The molecule has 0 atom stereocenters. The van der Waals surface area contributed by atoms with Gasteiger partial charge in [-0.15, -0.1) is 0 Å². The van der Waals surface area contributed by atoms with Gasteiger partial charge in [0.25, 0.3) is 11.8 Å². The van der Waals surface area contributed by atoms with Crippen molar-refractivity contribution in [2.24, 2.45) is 5.84 Å². The number of carbonyl (C=O) groups is 2. The number of aromatic nitrogens is 1. The molecule has 0 unspecified atom stereocenters. The van der Waals surface area contributed by atoms with Gasteiger partial charge in [0.05, 0.1) is 11.1 Å². The molecule has 1 aromatic heterocycles. The lowest BCUT2D eigenvalue weighted by Gasteiger charge is -2.17. The van der Waals surface area contributed by atoms with E-state index in [2.05, 4.69) is 16.8 Å². The maximum atomic E-state index is 14.2. The Morgan fingerprint density at radius 1 is 0.909 bits per heavy atom. The molecule has 6 heteroatoms. The number of para-hydroxylation sites is 1. The van der Waals surface area contributed by atoms with Crippen molar-refractivity contribution in [2.45, 2.75) is 13.8 Å². The maximum Gasteiger partial charge on any atom is 0.278 e. The van der Waals surface area contributed by atoms with Crippen LogP contribution in [0.5, 0.6) is 0 Å². The van der Waals surface area contributed by atoms with E-state index in [9.17, 15) is 14.0 Å². The number of hydrazine groups is 1. The number of imide groups is 1. The van der Waals surface area contributed by atoms with Crippen molar-refractivity contribution < 1.29 is 14.0 Å². The summed E-state index contributed by atoms with van der Waals surface area (Å²) < 4.78 is 14.2. The van der Waals surface area contributed by atoms with E-state index in [1.807, 2.05) is 37.3 Å². The second kappa shape index (κ2) is 9.03. The molecule has 0 bridgehead atoms. The van der Waals surface area contributed by atoms with E-state index in [1.165, 1.54) is 6.07 Å². The summed E-state index contributed by atoms with van der Waals surface area (Å²) in [6.45, 7) is 3.45. The third-order valence-electron chi connectivity index (χ3n) is 5.29. The highest BCUT2D eigenvalue weighted by Crippen LogP contribution is 2.17. The minimum atomic E-state index is -0.911. The van der Waals surface area contributed by atoms with Crippen molar-refractivity contribution in [1.82, 2.24) is 9.99 Å². The zero-order chi connectivity index (χ0) is 23.5. The lowest BCUT2D eigenvalue weighted by Crippen LogP contribution is -2.43. The van der Waals surface area contributed by atoms with Crippen LogP contribution in [0, 0.1) is 31.5 Å². The topological polar surface area (TPSA) is 76.3 Å². The molecule has 4 rings (SSSR count). The van der Waals surface area contributed by atoms with E-state index in [0.29, 0.717) is 16.1 Å². The first kappa shape index (κ1) is 21.9. The van der Waals surface area contributed by atoms with Crippen molar-refractivity contribution in [1.29, 1.82) is 0 Å². The quantitative estimate of drug-likeness (QED) is 0.164. The van der Waals surface area contributed by atoms with Crippen LogP contribution < -0.4 is 5.84 Å². The number of amides is 2. The third kappa shape index (κ3) is 4.49. The number of halogens is 1. The highest BCUT2D eigenvalue weighted by atomic mass is 19.1. The number of carbonyl (C=O) groups excluding carboxylic acids is 2. The molecule has 1 heterocycles. The van der Waals surface area contributed by atoms with E-state index >= 15 is 0 Å². The molecular weight excluding hydrogens is 417 g/mol. The van der Waals surface area contributed by atoms with Gasteiger partial charge in [-0.05, 0) is 55.3 Å². The van der Waals surface area contributed by atoms with E-state index in [0.717, 1.165) is 28.1 Å². The summed E-state index contributed by atoms with van der Waals surface area (Å²) in [7, 11) is 0. The SMILES string of the molecule is Cc1ccc(C(=O)N(N)C(=O)c2c(C)cccc2F)cc1C#Cc1cnc2ccccc2c1. The number of fused-ring (bicyclic) bond motifs is 1. The second-order valence-corrected chi connectivity index (χ2v) is 7.61. The molecule has 2 N–H and O–H groups in total. The van der Waals surface area contributed by atoms with Gasteiger partial charge in [-0.1, -0.05) is 48.2 Å². The highest BCUT2D eigenvalue weighted by molar-refractivity contribution is 6.10. The van der Waals surface area contributed by atoms with Gasteiger partial charge in [0, 0.05) is 28.3 Å². The number of nitrogens with zero attached hydrogens (tertiary/aromatic N) is 2. The summed E-state index contributed by atoms with van der Waals surface area (Å²) in [5.41, 5.74) is 3.41. The van der Waals surface area contributed by atoms with Crippen LogP contribution in [0.4, 0.5) is 4.39 Å². The summed E-state index contributed by atoms with van der Waals surface area (Å²) in [6, 6.07) is 18.8. The van der Waals surface area contributed by atoms with E-state index in [4.69, 9.17) is 5.84 Å². The predicted molar refractivity (Wildman–Crippen MR) is 125 cm³/mol. The van der Waals surface area contributed by atoms with E-state index in [1.54, 1.807) is 37.4 Å². The summed E-state index contributed by atoms with van der Waals surface area (Å²) in [6.07, 6.45) is 1.69. The zero-order valence-corrected chi connectivity index (χ0v) is 18.1. The summed E-state index contributed by atoms with van der Waals surface area (Å²) in [4.78, 5) is 29.9. The van der Waals surface area contributed by atoms with Crippen molar-refractivity contribution in [3.63, 3.8) is 0 Å². The predicted octanol–water partition coefficient (Wildman–Crippen LogP) is 4.55. The van der Waals surface area contributed by atoms with Gasteiger partial charge in [0.15, 0.2) is 0 Å². The first-order valence-corrected chi connectivity index (χ1v) is 10.2. The van der Waals surface area contributed by atoms with Gasteiger partial charge in [0.2, 0.25) is 0 Å². The fourth-order valence-electron chi connectivity index (χ4n) is 3.42. The molecule has 3 aromatic carbocycles. The monoisotopic (exact) mass is 437 g/mol. The van der Waals surface area contributed by atoms with Crippen LogP contribution in [0.1, 0.15) is 43.0 Å². The van der Waals surface area contributed by atoms with Crippen molar-refractivity contribution in [3.05, 3.63) is 112 Å². The molecule has 0 spiro atoms. The molecule has 0 radical (unpaired) electrons. The Morgan fingerprint density at radius 2 is 1.70 bits per heavy atom. The third-order valence-corrected chi connectivity index (χ3v) is 5.29. The summed E-state index contributed by atoms with van der Waals surface area (Å²) >= 11 is 0. The molecule has 162 valence electrons. The normalized spacial score (nSPS) is 10.4. The molecule has 0 saturated heterocycles. The maximum absolute atomic E-state index is 14.2. The van der Waals surface area contributed by atoms with Gasteiger partial charge in [-0.3, -0.25) is 14.6 Å². The lowest BCUT2D eigenvalue weighted by molar-refractivity contribution is 0.0612. The number of nitrogens with two attached hydrogens (primary N) is 1. The molecule has 5 nitrogen and oxygen atoms in total. The molecule has 33 heavy (non-hydrogen) atoms. The number of benzene rings is 3. The first-order valence-electron chi connectivity index (χ1n) is 10.2. The minimum Gasteiger partial charge on any atom is -0.267 e. The van der Waals surface area contributed by atoms with Gasteiger partial charge in [-0.2, -0.15) is 0 Å². The Labute approximate surface area is 190 Å². The number of aryl methyl sites for hydroxylation is 2. The Kier molecular flexibility index (Phi) is 5.99. The van der Waals surface area contributed by atoms with Crippen molar-refractivity contribution >= 4 is 22.7 Å². The van der Waals surface area contributed by atoms with E-state index < -0.39 is 17.6 Å². The number of hydrogen-bond donors (Lipinski definition) is 1. The van der Waals surface area contributed by atoms with Crippen LogP contribution in [0.2, 0.25) is 0 Å². The Hall–Kier alpha value is -4.34. The van der Waals surface area contributed by atoms with Crippen molar-refractivity contribution in [2.75, 3.05) is 0 Å². The Balaban J connectivity index is 1.62. The fourth-order valence-corrected chi connectivity index (χ4v) is 3.42. The first-order chi connectivity index (χ1) is 15.8. The van der Waals surface area contributed by atoms with Gasteiger partial charge < -0.3 is 0 Å². The van der Waals surface area contributed by atoms with Crippen LogP contribution in [0.25, 0.3) is 10.9 Å². The lowest BCUT2D eigenvalue weighted by atomic mass is 10.0. The molecule has 0 aliphatic rings. The Bertz CT molecular complexity index is 1450. The van der Waals surface area contributed by atoms with Crippen LogP contribution >= 0.6 is 0 Å². The average molecular weight is 437 g/mol. The molecule has 2 amide bonds. The minimum absolute atomic E-state index is 0.173. The largest absolute Gasteiger partial charge is 0.278 e. The summed E-state index contributed by atoms with van der Waals surface area (Å²) in [5, 5.41) is 1.41. The van der Waals surface area contributed by atoms with Crippen LogP contribution in [-0.2, 0) is 0 Å². The smallest absolute Gasteiger partial charge is 0.267 e. The number of pyridine rings is 1. The molecule has 0 aliphatic heterocycles. The van der Waals surface area contributed by atoms with Crippen LogP contribution in [-0.4, -0.2) is 21.8 Å². The molecular formula is C27H20FN3O2. The van der Waals surface area contributed by atoms with Crippen molar-refractivity contribution in [3.8, 4) is 11.8 Å². The van der Waals surface area contributed by atoms with Crippen LogP contribution in [0.15, 0.2) is 72.9 Å². The summed E-state index contributed by atoms with van der Waals surface area (Å²) in [5.74, 6) is 9.52. The standard InChI is InChI=1S/C27H20FN3O2/c1-17-10-12-22(26(32)31(29)27(33)25-18(2)6-5-8-23(25)28)15-20(17)13-11-19-14-21-7-3-4-9-24(21)30-16-19/h3-10,12,14-16H,29H2,1-2H3. The Morgan fingerprint density at radius 3 is 2.48 bits per heavy atom. The van der Waals surface area contributed by atoms with Gasteiger partial charge in [0.1, 0.15) is 5.82 Å². The second-order valence-electron chi connectivity index (χ2n) is 7.61. The highest BCUT2D eigenvalue weighted by Gasteiger charge is 2.25. The zero-order valence-electron chi connectivity index (χ0n) is 18.1. The van der Waals surface area contributed by atoms with E-state index in [-0.39, 0.29) is 11.1 Å². The molecule has 4 aromatic rings. The van der Waals surface area contributed by atoms with Gasteiger partial charge >= 0.3 is 0 Å². The molecule has 0 saturated carbocycles. The molecule has 0 fully saturated rings. The molecule has 0 aliphatic carbocycles. The van der Waals surface area contributed by atoms with Gasteiger partial charge in [-0.25, -0.2) is 15.2 Å². The number of rotatable bonds is 2.